The second-order valence-corrected chi connectivity index (χ2v) is 25.8. The van der Waals surface area contributed by atoms with Gasteiger partial charge in [-0.25, -0.2) is 9.13 Å². The van der Waals surface area contributed by atoms with Crippen LogP contribution in [-0.4, -0.2) is 95.9 Å². The maximum absolute atomic E-state index is 12.9. The van der Waals surface area contributed by atoms with Crippen molar-refractivity contribution < 1.29 is 75.8 Å². The summed E-state index contributed by atoms with van der Waals surface area (Å²) in [6, 6.07) is 0. The molecule has 5 unspecified atom stereocenters. The Morgan fingerprint density at radius 3 is 1.01 bits per heavy atom. The highest BCUT2D eigenvalue weighted by atomic mass is 31.2. The van der Waals surface area contributed by atoms with E-state index in [1.165, 1.54) is 51.4 Å². The van der Waals surface area contributed by atoms with E-state index in [0.29, 0.717) is 25.7 Å². The summed E-state index contributed by atoms with van der Waals surface area (Å²) < 4.78 is 60.8. The van der Waals surface area contributed by atoms with Gasteiger partial charge in [-0.3, -0.25) is 32.5 Å². The van der Waals surface area contributed by atoms with Gasteiger partial charge in [0.05, 0.1) is 26.4 Å². The minimum absolute atomic E-state index is 0.0373. The molecule has 0 spiro atoms. The topological polar surface area (TPSA) is 231 Å². The fraction of sp³-hybridized carbons (Fsp3) is 0.640. The molecule has 0 saturated heterocycles. The number of carbonyl (C=O) groups is 3. The Morgan fingerprint density at radius 1 is 0.312 bits per heavy atom. The summed E-state index contributed by atoms with van der Waals surface area (Å²) in [4.78, 5) is 58.3. The first-order chi connectivity index (χ1) is 45.2. The van der Waals surface area contributed by atoms with Crippen LogP contribution in [0.2, 0.25) is 0 Å². The van der Waals surface area contributed by atoms with Crippen molar-refractivity contribution >= 4 is 33.6 Å². The maximum atomic E-state index is 12.9. The van der Waals surface area contributed by atoms with E-state index >= 15 is 0 Å². The van der Waals surface area contributed by atoms with Gasteiger partial charge in [-0.15, -0.1) is 0 Å². The van der Waals surface area contributed by atoms with Gasteiger partial charge < -0.3 is 34.2 Å². The molecule has 4 N–H and O–H groups in total. The molecule has 0 saturated carbocycles. The molecular weight excluding hydrogens is 1220 g/mol. The fourth-order valence-electron chi connectivity index (χ4n) is 8.68. The molecule has 0 aromatic rings. The van der Waals surface area contributed by atoms with Crippen LogP contribution in [0.15, 0.2) is 146 Å². The second kappa shape index (κ2) is 67.4. The second-order valence-electron chi connectivity index (χ2n) is 22.9. The quantitative estimate of drug-likeness (QED) is 0.0146. The first-order valence-electron chi connectivity index (χ1n) is 35.1. The van der Waals surface area contributed by atoms with Gasteiger partial charge in [0.15, 0.2) is 6.10 Å². The maximum Gasteiger partial charge on any atom is 0.472 e. The molecule has 0 aliphatic heterocycles. The standard InChI is InChI=1S/C75H124O16P2/c1-4-7-10-13-16-19-22-25-27-29-31-32-33-34-35-36-38-40-41-44-46-49-52-55-58-61-73(78)85-64-70(76)65-87-92(81,82)88-66-71(77)67-89-93(83,84)90-69-72(91-75(80)63-60-57-54-51-48-43-24-21-18-15-12-9-6-3)68-86-74(79)62-59-56-53-50-47-45-42-39-37-30-28-26-23-20-17-14-11-8-5-2/h8,11-12,15-17,19-21,24-28,31-32,34-35,37,39,45,47,53,56,70-72,76-77H,4-7,9-10,13-14,18,22-23,29-30,33,36,38,40-44,46,48-52,54-55,57-69H2,1-3H3,(H,81,82)(H,83,84)/b11-8-,15-12-,19-16-,20-17-,24-21-,27-25-,28-26-,32-31-,35-34-,39-37-,47-45-,56-53-. The molecule has 0 radical (unpaired) electrons. The van der Waals surface area contributed by atoms with Crippen molar-refractivity contribution in [2.24, 2.45) is 0 Å². The zero-order chi connectivity index (χ0) is 68.1. The number of carbonyl (C=O) groups excluding carboxylic acids is 3. The lowest BCUT2D eigenvalue weighted by Crippen LogP contribution is -2.30. The zero-order valence-electron chi connectivity index (χ0n) is 57.4. The van der Waals surface area contributed by atoms with Crippen LogP contribution >= 0.6 is 15.6 Å². The molecule has 5 atom stereocenters. The van der Waals surface area contributed by atoms with E-state index in [0.717, 1.165) is 135 Å². The number of hydrogen-bond donors (Lipinski definition) is 4. The molecule has 0 amide bonds. The van der Waals surface area contributed by atoms with Gasteiger partial charge in [0.25, 0.3) is 0 Å². The van der Waals surface area contributed by atoms with Crippen molar-refractivity contribution in [3.05, 3.63) is 146 Å². The summed E-state index contributed by atoms with van der Waals surface area (Å²) >= 11 is 0. The van der Waals surface area contributed by atoms with Crippen molar-refractivity contribution in [2.45, 2.75) is 270 Å². The van der Waals surface area contributed by atoms with E-state index in [-0.39, 0.29) is 19.3 Å². The normalized spacial score (nSPS) is 15.0. The van der Waals surface area contributed by atoms with E-state index < -0.39 is 91.5 Å². The molecule has 0 fully saturated rings. The third-order valence-electron chi connectivity index (χ3n) is 14.0. The van der Waals surface area contributed by atoms with E-state index in [4.69, 9.17) is 32.3 Å². The Hall–Kier alpha value is -4.57. The van der Waals surface area contributed by atoms with E-state index in [9.17, 15) is 43.5 Å². The molecule has 0 aromatic carbocycles. The monoisotopic (exact) mass is 1340 g/mol. The zero-order valence-corrected chi connectivity index (χ0v) is 59.2. The van der Waals surface area contributed by atoms with Crippen molar-refractivity contribution in [2.75, 3.05) is 39.6 Å². The lowest BCUT2D eigenvalue weighted by molar-refractivity contribution is -0.161. The van der Waals surface area contributed by atoms with Crippen LogP contribution in [-0.2, 0) is 55.8 Å². The molecular formula is C75H124O16P2. The summed E-state index contributed by atoms with van der Waals surface area (Å²) in [6.07, 6.45) is 80.6. The highest BCUT2D eigenvalue weighted by Gasteiger charge is 2.29. The number of esters is 3. The summed E-state index contributed by atoms with van der Waals surface area (Å²) in [5.74, 6) is -1.71. The molecule has 0 rings (SSSR count). The smallest absolute Gasteiger partial charge is 0.463 e. The Morgan fingerprint density at radius 2 is 0.613 bits per heavy atom. The largest absolute Gasteiger partial charge is 0.472 e. The number of ether oxygens (including phenoxy) is 3. The molecule has 0 aliphatic rings. The number of unbranched alkanes of at least 4 members (excludes halogenated alkanes) is 18. The summed E-state index contributed by atoms with van der Waals surface area (Å²) in [7, 11) is -9.81. The minimum Gasteiger partial charge on any atom is -0.463 e. The predicted octanol–water partition coefficient (Wildman–Crippen LogP) is 19.8. The average molecular weight is 1340 g/mol. The minimum atomic E-state index is -4.95. The molecule has 18 heteroatoms. The number of allylic oxidation sites excluding steroid dienone is 24. The van der Waals surface area contributed by atoms with Crippen LogP contribution in [0.5, 0.6) is 0 Å². The summed E-state index contributed by atoms with van der Waals surface area (Å²) in [5.41, 5.74) is 0. The van der Waals surface area contributed by atoms with Gasteiger partial charge in [-0.05, 0) is 128 Å². The Labute approximate surface area is 562 Å². The summed E-state index contributed by atoms with van der Waals surface area (Å²) in [5, 5.41) is 20.6. The molecule has 0 aliphatic carbocycles. The van der Waals surface area contributed by atoms with Crippen LogP contribution in [0.1, 0.15) is 252 Å². The van der Waals surface area contributed by atoms with Crippen LogP contribution < -0.4 is 0 Å². The van der Waals surface area contributed by atoms with Crippen LogP contribution in [0, 0.1) is 0 Å². The van der Waals surface area contributed by atoms with Gasteiger partial charge >= 0.3 is 33.6 Å². The highest BCUT2D eigenvalue weighted by molar-refractivity contribution is 7.47. The van der Waals surface area contributed by atoms with Crippen molar-refractivity contribution in [3.63, 3.8) is 0 Å². The number of aliphatic hydroxyl groups is 2. The van der Waals surface area contributed by atoms with Gasteiger partial charge in [0, 0.05) is 19.3 Å². The van der Waals surface area contributed by atoms with Gasteiger partial charge in [0.1, 0.15) is 25.4 Å². The average Bonchev–Trinajstić information content (AvgIpc) is 3.74. The van der Waals surface area contributed by atoms with Crippen LogP contribution in [0.4, 0.5) is 0 Å². The van der Waals surface area contributed by atoms with E-state index in [1.54, 1.807) is 0 Å². The fourth-order valence-corrected chi connectivity index (χ4v) is 10.3. The Kier molecular flexibility index (Phi) is 64.1. The summed E-state index contributed by atoms with van der Waals surface area (Å²) in [6.45, 7) is 2.32. The first kappa shape index (κ1) is 88.4. The van der Waals surface area contributed by atoms with Crippen LogP contribution in [0.3, 0.4) is 0 Å². The predicted molar refractivity (Wildman–Crippen MR) is 380 cm³/mol. The number of hydrogen-bond acceptors (Lipinski definition) is 14. The van der Waals surface area contributed by atoms with Crippen LogP contribution in [0.25, 0.3) is 0 Å². The van der Waals surface area contributed by atoms with Crippen molar-refractivity contribution in [1.82, 2.24) is 0 Å². The molecule has 0 aromatic heterocycles. The SMILES string of the molecule is CC/C=C\C/C=C\C/C=C\C/C=C\C/C=C\C/C=C\CCC(=O)OCC(COP(=O)(O)OCC(O)COP(=O)(O)OCC(O)COC(=O)CCCCCCCCCCC/C=C\C/C=C\C/C=C\C/C=C\CCCCC)OC(=O)CCCCCCC/C=C\C/C=C\CCC. The van der Waals surface area contributed by atoms with E-state index in [1.807, 2.05) is 18.2 Å². The third-order valence-corrected chi connectivity index (χ3v) is 15.9. The molecule has 0 bridgehead atoms. The number of phosphoric acid groups is 2. The Balaban J connectivity index is 4.64. The number of aliphatic hydroxyl groups excluding tert-OH is 2. The van der Waals surface area contributed by atoms with Crippen molar-refractivity contribution in [3.8, 4) is 0 Å². The molecule has 0 heterocycles. The molecule has 16 nitrogen and oxygen atoms in total. The van der Waals surface area contributed by atoms with Gasteiger partial charge in [-0.1, -0.05) is 250 Å². The van der Waals surface area contributed by atoms with Crippen molar-refractivity contribution in [1.29, 1.82) is 0 Å². The van der Waals surface area contributed by atoms with Gasteiger partial charge in [0.2, 0.25) is 0 Å². The molecule has 530 valence electrons. The Bertz CT molecular complexity index is 2280. The highest BCUT2D eigenvalue weighted by Crippen LogP contribution is 2.45. The first-order valence-corrected chi connectivity index (χ1v) is 38.1. The third kappa shape index (κ3) is 68.6. The van der Waals surface area contributed by atoms with E-state index in [2.05, 4.69) is 148 Å². The lowest BCUT2D eigenvalue weighted by atomic mass is 10.1. The van der Waals surface area contributed by atoms with Gasteiger partial charge in [-0.2, -0.15) is 0 Å². The molecule has 93 heavy (non-hydrogen) atoms. The number of phosphoric ester groups is 2. The lowest BCUT2D eigenvalue weighted by Gasteiger charge is -2.21. The number of rotatable bonds is 65.